The van der Waals surface area contributed by atoms with Gasteiger partial charge < -0.3 is 4.90 Å². The molecule has 0 bridgehead atoms. The maximum atomic E-state index is 11.7. The minimum Gasteiger partial charge on any atom is -0.302 e. The molecular weight excluding hydrogens is 212 g/mol. The minimum absolute atomic E-state index is 0.192. The highest BCUT2D eigenvalue weighted by Gasteiger charge is 2.06. The highest BCUT2D eigenvalue weighted by atomic mass is 16.1. The Morgan fingerprint density at radius 2 is 1.94 bits per heavy atom. The lowest BCUT2D eigenvalue weighted by Crippen LogP contribution is -2.23. The first kappa shape index (κ1) is 11.7. The predicted octanol–water partition coefficient (Wildman–Crippen LogP) is 1.91. The van der Waals surface area contributed by atoms with Crippen molar-refractivity contribution >= 4 is 16.7 Å². The zero-order valence-electron chi connectivity index (χ0n) is 10.2. The molecule has 88 valence electrons. The van der Waals surface area contributed by atoms with E-state index in [-0.39, 0.29) is 5.78 Å². The van der Waals surface area contributed by atoms with Gasteiger partial charge in [0.05, 0.1) is 18.5 Å². The van der Waals surface area contributed by atoms with E-state index in [4.69, 9.17) is 0 Å². The van der Waals surface area contributed by atoms with E-state index in [0.29, 0.717) is 13.0 Å². The van der Waals surface area contributed by atoms with Gasteiger partial charge >= 0.3 is 0 Å². The number of hydrogen-bond donors (Lipinski definition) is 0. The zero-order valence-corrected chi connectivity index (χ0v) is 10.2. The molecule has 0 aliphatic rings. The Bertz CT molecular complexity index is 534. The Morgan fingerprint density at radius 1 is 1.18 bits per heavy atom. The van der Waals surface area contributed by atoms with Gasteiger partial charge in [0.1, 0.15) is 0 Å². The molecule has 0 saturated carbocycles. The second-order valence-corrected chi connectivity index (χ2v) is 4.45. The lowest BCUT2D eigenvalue weighted by atomic mass is 10.1. The number of para-hydroxylation sites is 1. The lowest BCUT2D eigenvalue weighted by molar-refractivity contribution is -0.119. The number of benzene rings is 1. The van der Waals surface area contributed by atoms with Gasteiger partial charge in [-0.1, -0.05) is 24.3 Å². The lowest BCUT2D eigenvalue weighted by Gasteiger charge is -2.08. The number of hydrogen-bond acceptors (Lipinski definition) is 3. The van der Waals surface area contributed by atoms with E-state index in [1.807, 2.05) is 55.4 Å². The smallest absolute Gasteiger partial charge is 0.152 e. The van der Waals surface area contributed by atoms with Crippen LogP contribution >= 0.6 is 0 Å². The first-order valence-corrected chi connectivity index (χ1v) is 5.66. The maximum absolute atomic E-state index is 11.7. The summed E-state index contributed by atoms with van der Waals surface area (Å²) in [5.41, 5.74) is 1.79. The van der Waals surface area contributed by atoms with Crippen LogP contribution in [0.1, 0.15) is 5.69 Å². The van der Waals surface area contributed by atoms with Crippen LogP contribution in [0, 0.1) is 0 Å². The van der Waals surface area contributed by atoms with E-state index in [2.05, 4.69) is 4.98 Å². The summed E-state index contributed by atoms with van der Waals surface area (Å²) in [5, 5.41) is 1.11. The number of carbonyl (C=O) groups is 1. The molecule has 0 unspecified atom stereocenters. The number of carbonyl (C=O) groups excluding carboxylic acids is 1. The molecule has 2 rings (SSSR count). The third kappa shape index (κ3) is 3.11. The summed E-state index contributed by atoms with van der Waals surface area (Å²) in [5.74, 6) is 0.192. The number of ketones is 1. The van der Waals surface area contributed by atoms with Crippen LogP contribution in [0.5, 0.6) is 0 Å². The van der Waals surface area contributed by atoms with Gasteiger partial charge in [-0.2, -0.15) is 0 Å². The first-order valence-electron chi connectivity index (χ1n) is 5.66. The molecule has 1 aromatic carbocycles. The van der Waals surface area contributed by atoms with Crippen molar-refractivity contribution in [1.29, 1.82) is 0 Å². The second kappa shape index (κ2) is 5.06. The monoisotopic (exact) mass is 228 g/mol. The summed E-state index contributed by atoms with van der Waals surface area (Å²) in [6.45, 7) is 0.467. The fraction of sp³-hybridized carbons (Fsp3) is 0.286. The number of Topliss-reactive ketones (excluding diaryl/α,β-unsaturated/α-hetero) is 1. The van der Waals surface area contributed by atoms with Crippen molar-refractivity contribution in [2.24, 2.45) is 0 Å². The van der Waals surface area contributed by atoms with Crippen LogP contribution in [0.3, 0.4) is 0 Å². The molecule has 3 heteroatoms. The topological polar surface area (TPSA) is 33.2 Å². The molecule has 0 atom stereocenters. The Balaban J connectivity index is 2.17. The Morgan fingerprint density at radius 3 is 2.71 bits per heavy atom. The summed E-state index contributed by atoms with van der Waals surface area (Å²) >= 11 is 0. The van der Waals surface area contributed by atoms with Crippen molar-refractivity contribution in [2.45, 2.75) is 6.42 Å². The van der Waals surface area contributed by atoms with Crippen LogP contribution in [0.25, 0.3) is 10.9 Å². The van der Waals surface area contributed by atoms with Gasteiger partial charge in [0.25, 0.3) is 0 Å². The summed E-state index contributed by atoms with van der Waals surface area (Å²) in [7, 11) is 3.79. The summed E-state index contributed by atoms with van der Waals surface area (Å²) < 4.78 is 0. The molecule has 0 aliphatic carbocycles. The van der Waals surface area contributed by atoms with Gasteiger partial charge in [-0.3, -0.25) is 9.78 Å². The van der Waals surface area contributed by atoms with Gasteiger partial charge in [-0.25, -0.2) is 0 Å². The van der Waals surface area contributed by atoms with E-state index < -0.39 is 0 Å². The van der Waals surface area contributed by atoms with Crippen LogP contribution in [0.4, 0.5) is 0 Å². The second-order valence-electron chi connectivity index (χ2n) is 4.45. The van der Waals surface area contributed by atoms with Gasteiger partial charge in [-0.15, -0.1) is 0 Å². The molecule has 17 heavy (non-hydrogen) atoms. The third-order valence-corrected chi connectivity index (χ3v) is 2.53. The van der Waals surface area contributed by atoms with Crippen molar-refractivity contribution < 1.29 is 4.79 Å². The van der Waals surface area contributed by atoms with Crippen LogP contribution in [0.2, 0.25) is 0 Å². The number of nitrogens with zero attached hydrogens (tertiary/aromatic N) is 2. The van der Waals surface area contributed by atoms with Crippen molar-refractivity contribution in [3.63, 3.8) is 0 Å². The molecule has 0 fully saturated rings. The molecule has 0 amide bonds. The fourth-order valence-corrected chi connectivity index (χ4v) is 1.82. The van der Waals surface area contributed by atoms with Crippen molar-refractivity contribution in [3.8, 4) is 0 Å². The average molecular weight is 228 g/mol. The normalized spacial score (nSPS) is 11.0. The van der Waals surface area contributed by atoms with Gasteiger partial charge in [0.2, 0.25) is 0 Å². The summed E-state index contributed by atoms with van der Waals surface area (Å²) in [4.78, 5) is 18.0. The van der Waals surface area contributed by atoms with Crippen LogP contribution in [-0.4, -0.2) is 36.3 Å². The number of pyridine rings is 1. The highest BCUT2D eigenvalue weighted by molar-refractivity contribution is 5.84. The molecule has 3 nitrogen and oxygen atoms in total. The SMILES string of the molecule is CN(C)CC(=O)Cc1ccc2ccccc2n1. The van der Waals surface area contributed by atoms with E-state index in [1.54, 1.807) is 0 Å². The van der Waals surface area contributed by atoms with Crippen LogP contribution in [0.15, 0.2) is 36.4 Å². The van der Waals surface area contributed by atoms with Gasteiger partial charge in [-0.05, 0) is 26.2 Å². The van der Waals surface area contributed by atoms with Crippen LogP contribution < -0.4 is 0 Å². The van der Waals surface area contributed by atoms with Crippen molar-refractivity contribution in [3.05, 3.63) is 42.1 Å². The van der Waals surface area contributed by atoms with Crippen molar-refractivity contribution in [1.82, 2.24) is 9.88 Å². The summed E-state index contributed by atoms with van der Waals surface area (Å²) in [6, 6.07) is 11.9. The number of likely N-dealkylation sites (N-methyl/N-ethyl adjacent to an activating group) is 1. The van der Waals surface area contributed by atoms with Crippen molar-refractivity contribution in [2.75, 3.05) is 20.6 Å². The molecule has 1 heterocycles. The largest absolute Gasteiger partial charge is 0.302 e. The molecular formula is C14H16N2O. The van der Waals surface area contributed by atoms with E-state index in [1.165, 1.54) is 0 Å². The Labute approximate surface area is 101 Å². The number of aromatic nitrogens is 1. The molecule has 0 N–H and O–H groups in total. The number of fused-ring (bicyclic) bond motifs is 1. The van der Waals surface area contributed by atoms with E-state index in [0.717, 1.165) is 16.6 Å². The van der Waals surface area contributed by atoms with E-state index in [9.17, 15) is 4.79 Å². The number of rotatable bonds is 4. The summed E-state index contributed by atoms with van der Waals surface area (Å²) in [6.07, 6.45) is 0.406. The standard InChI is InChI=1S/C14H16N2O/c1-16(2)10-13(17)9-12-8-7-11-5-3-4-6-14(11)15-12/h3-8H,9-10H2,1-2H3. The third-order valence-electron chi connectivity index (χ3n) is 2.53. The molecule has 0 radical (unpaired) electrons. The Kier molecular flexibility index (Phi) is 3.49. The quantitative estimate of drug-likeness (QED) is 0.801. The predicted molar refractivity (Wildman–Crippen MR) is 69.0 cm³/mol. The first-order chi connectivity index (χ1) is 8.15. The highest BCUT2D eigenvalue weighted by Crippen LogP contribution is 2.12. The van der Waals surface area contributed by atoms with E-state index >= 15 is 0 Å². The Hall–Kier alpha value is -1.74. The average Bonchev–Trinajstić information content (AvgIpc) is 2.27. The molecule has 0 spiro atoms. The molecule has 0 saturated heterocycles. The zero-order chi connectivity index (χ0) is 12.3. The molecule has 1 aromatic heterocycles. The van der Waals surface area contributed by atoms with Gasteiger partial charge in [0, 0.05) is 11.1 Å². The van der Waals surface area contributed by atoms with Crippen LogP contribution in [-0.2, 0) is 11.2 Å². The molecule has 2 aromatic rings. The fourth-order valence-electron chi connectivity index (χ4n) is 1.82. The van der Waals surface area contributed by atoms with Gasteiger partial charge in [0.15, 0.2) is 5.78 Å². The minimum atomic E-state index is 0.192. The molecule has 0 aliphatic heterocycles. The maximum Gasteiger partial charge on any atom is 0.152 e.